The number of nitrogens with one attached hydrogen (secondary N) is 1. The number of halogens is 3. The van der Waals surface area contributed by atoms with Gasteiger partial charge in [-0.05, 0) is 12.1 Å². The summed E-state index contributed by atoms with van der Waals surface area (Å²) in [4.78, 5) is 25.1. The third kappa shape index (κ3) is 6.14. The van der Waals surface area contributed by atoms with Crippen LogP contribution in [0.15, 0.2) is 60.7 Å². The van der Waals surface area contributed by atoms with Gasteiger partial charge in [0, 0.05) is 18.2 Å². The summed E-state index contributed by atoms with van der Waals surface area (Å²) in [5.74, 6) is -0.877. The molecular formula is C23H22F3NO10S. The highest BCUT2D eigenvalue weighted by Gasteiger charge is 2.58. The summed E-state index contributed by atoms with van der Waals surface area (Å²) >= 11 is 0. The van der Waals surface area contributed by atoms with Gasteiger partial charge in [0.15, 0.2) is 24.8 Å². The van der Waals surface area contributed by atoms with E-state index in [9.17, 15) is 31.2 Å². The van der Waals surface area contributed by atoms with Gasteiger partial charge in [-0.3, -0.25) is 14.3 Å². The maximum absolute atomic E-state index is 13.2. The standard InChI is InChI=1S/C23H22F3NO10S/c1-32-21-18(37-38(30,31)23(24,25)26)17(36-22(29)27-19(28)13-8-4-2-5-9-13)16-15(34-21)12-33-20(35-16)14-10-6-3-7-11-14/h2-11,15-18,20-21H,12H2,1H3,(H,27,28,29)/t15-,16+,17+,18-,20+,21-/m1/s1. The fourth-order valence-corrected chi connectivity index (χ4v) is 4.46. The highest BCUT2D eigenvalue weighted by atomic mass is 32.2. The van der Waals surface area contributed by atoms with Crippen molar-refractivity contribution in [2.24, 2.45) is 0 Å². The fourth-order valence-electron chi connectivity index (χ4n) is 3.86. The van der Waals surface area contributed by atoms with Gasteiger partial charge in [0.05, 0.1) is 6.61 Å². The quantitative estimate of drug-likeness (QED) is 0.414. The molecule has 2 aromatic rings. The largest absolute Gasteiger partial charge is 0.523 e. The van der Waals surface area contributed by atoms with Gasteiger partial charge in [-0.25, -0.2) is 4.79 Å². The molecule has 4 rings (SSSR count). The molecule has 2 saturated heterocycles. The van der Waals surface area contributed by atoms with Crippen LogP contribution in [0, 0.1) is 0 Å². The number of ether oxygens (including phenoxy) is 5. The number of carbonyl (C=O) groups is 2. The molecule has 2 aromatic carbocycles. The summed E-state index contributed by atoms with van der Waals surface area (Å²) in [5.41, 5.74) is -5.20. The molecule has 6 atom stereocenters. The van der Waals surface area contributed by atoms with Crippen LogP contribution in [0.2, 0.25) is 0 Å². The van der Waals surface area contributed by atoms with Gasteiger partial charge in [-0.1, -0.05) is 48.5 Å². The third-order valence-electron chi connectivity index (χ3n) is 5.60. The van der Waals surface area contributed by atoms with E-state index in [1.165, 1.54) is 24.3 Å². The van der Waals surface area contributed by atoms with Gasteiger partial charge in [0.2, 0.25) is 0 Å². The number of alkyl halides is 3. The van der Waals surface area contributed by atoms with Crippen LogP contribution >= 0.6 is 0 Å². The molecule has 11 nitrogen and oxygen atoms in total. The molecule has 2 aliphatic heterocycles. The second kappa shape index (κ2) is 11.3. The van der Waals surface area contributed by atoms with Crippen molar-refractivity contribution in [3.8, 4) is 0 Å². The Hall–Kier alpha value is -3.08. The molecule has 2 heterocycles. The van der Waals surface area contributed by atoms with E-state index >= 15 is 0 Å². The number of amides is 2. The number of imide groups is 1. The van der Waals surface area contributed by atoms with Crippen LogP contribution in [-0.4, -0.2) is 70.3 Å². The van der Waals surface area contributed by atoms with E-state index < -0.39 is 64.6 Å². The number of rotatable bonds is 6. The first kappa shape index (κ1) is 27.9. The highest BCUT2D eigenvalue weighted by Crippen LogP contribution is 2.38. The molecule has 206 valence electrons. The fraction of sp³-hybridized carbons (Fsp3) is 0.391. The van der Waals surface area contributed by atoms with E-state index in [4.69, 9.17) is 23.7 Å². The summed E-state index contributed by atoms with van der Waals surface area (Å²) in [6.45, 7) is -0.187. The summed E-state index contributed by atoms with van der Waals surface area (Å²) in [7, 11) is -5.18. The van der Waals surface area contributed by atoms with E-state index in [2.05, 4.69) is 4.18 Å². The van der Waals surface area contributed by atoms with Gasteiger partial charge < -0.3 is 23.7 Å². The Kier molecular flexibility index (Phi) is 8.34. The summed E-state index contributed by atoms with van der Waals surface area (Å²) in [5, 5.41) is 1.93. The Labute approximate surface area is 214 Å². The van der Waals surface area contributed by atoms with Gasteiger partial charge in [-0.15, -0.1) is 0 Å². The molecule has 0 aromatic heterocycles. The molecule has 0 spiro atoms. The minimum Gasteiger partial charge on any atom is -0.440 e. The Morgan fingerprint density at radius 1 is 0.974 bits per heavy atom. The Morgan fingerprint density at radius 3 is 2.21 bits per heavy atom. The average Bonchev–Trinajstić information content (AvgIpc) is 2.89. The molecule has 15 heteroatoms. The zero-order valence-corrected chi connectivity index (χ0v) is 20.4. The number of carbonyl (C=O) groups excluding carboxylic acids is 2. The molecule has 2 fully saturated rings. The highest BCUT2D eigenvalue weighted by molar-refractivity contribution is 7.87. The molecule has 0 bridgehead atoms. The monoisotopic (exact) mass is 561 g/mol. The van der Waals surface area contributed by atoms with Gasteiger partial charge in [-0.2, -0.15) is 21.6 Å². The summed E-state index contributed by atoms with van der Waals surface area (Å²) in [6.07, 6.45) is -10.7. The number of benzene rings is 2. The van der Waals surface area contributed by atoms with Crippen LogP contribution < -0.4 is 5.32 Å². The lowest BCUT2D eigenvalue weighted by Crippen LogP contribution is -2.65. The second-order valence-corrected chi connectivity index (χ2v) is 9.67. The van der Waals surface area contributed by atoms with Crippen LogP contribution in [0.3, 0.4) is 0 Å². The van der Waals surface area contributed by atoms with Crippen molar-refractivity contribution in [2.45, 2.75) is 42.5 Å². The molecule has 0 unspecified atom stereocenters. The van der Waals surface area contributed by atoms with Crippen molar-refractivity contribution in [3.05, 3.63) is 71.8 Å². The van der Waals surface area contributed by atoms with Crippen LogP contribution in [0.4, 0.5) is 18.0 Å². The number of hydrogen-bond acceptors (Lipinski definition) is 10. The summed E-state index contributed by atoms with van der Waals surface area (Å²) in [6, 6.07) is 15.9. The van der Waals surface area contributed by atoms with Crippen molar-refractivity contribution >= 4 is 22.1 Å². The van der Waals surface area contributed by atoms with Crippen LogP contribution in [0.25, 0.3) is 0 Å². The Morgan fingerprint density at radius 2 is 1.61 bits per heavy atom. The zero-order valence-electron chi connectivity index (χ0n) is 19.6. The van der Waals surface area contributed by atoms with Crippen LogP contribution in [0.1, 0.15) is 22.2 Å². The number of methoxy groups -OCH3 is 1. The van der Waals surface area contributed by atoms with E-state index in [0.29, 0.717) is 5.56 Å². The van der Waals surface area contributed by atoms with Gasteiger partial charge in [0.25, 0.3) is 5.91 Å². The normalized spacial score (nSPS) is 27.7. The van der Waals surface area contributed by atoms with Crippen LogP contribution in [-0.2, 0) is 38.0 Å². The van der Waals surface area contributed by atoms with Crippen molar-refractivity contribution < 1.29 is 59.0 Å². The lowest BCUT2D eigenvalue weighted by atomic mass is 9.97. The SMILES string of the molecule is CO[C@@H]1O[C@@H]2CO[C@H](c3ccccc3)O[C@@H]2[C@H](OC(=O)NC(=O)c2ccccc2)[C@H]1OS(=O)(=O)C(F)(F)F. The average molecular weight is 561 g/mol. The minimum absolute atomic E-state index is 0.0861. The number of alkyl carbamates (subject to hydrolysis) is 1. The zero-order chi connectivity index (χ0) is 27.5. The topological polar surface area (TPSA) is 136 Å². The lowest BCUT2D eigenvalue weighted by molar-refractivity contribution is -0.354. The van der Waals surface area contributed by atoms with E-state index in [0.717, 1.165) is 7.11 Å². The third-order valence-corrected chi connectivity index (χ3v) is 6.65. The first-order chi connectivity index (χ1) is 18.0. The number of fused-ring (bicyclic) bond motifs is 1. The molecule has 0 radical (unpaired) electrons. The van der Waals surface area contributed by atoms with Crippen molar-refractivity contribution in [2.75, 3.05) is 13.7 Å². The van der Waals surface area contributed by atoms with Gasteiger partial charge in [0.1, 0.15) is 12.2 Å². The first-order valence-corrected chi connectivity index (χ1v) is 12.5. The summed E-state index contributed by atoms with van der Waals surface area (Å²) < 4.78 is 95.1. The van der Waals surface area contributed by atoms with Crippen LogP contribution in [0.5, 0.6) is 0 Å². The first-order valence-electron chi connectivity index (χ1n) is 11.1. The molecule has 38 heavy (non-hydrogen) atoms. The van der Waals surface area contributed by atoms with Crippen molar-refractivity contribution in [3.63, 3.8) is 0 Å². The lowest BCUT2D eigenvalue weighted by Gasteiger charge is -2.47. The van der Waals surface area contributed by atoms with Gasteiger partial charge >= 0.3 is 21.7 Å². The molecule has 2 amide bonds. The number of hydrogen-bond donors (Lipinski definition) is 1. The Bertz CT molecular complexity index is 1230. The van der Waals surface area contributed by atoms with E-state index in [-0.39, 0.29) is 12.2 Å². The molecule has 0 aliphatic carbocycles. The molecule has 2 aliphatic rings. The maximum atomic E-state index is 13.2. The van der Waals surface area contributed by atoms with E-state index in [1.54, 1.807) is 36.4 Å². The minimum atomic E-state index is -6.20. The maximum Gasteiger partial charge on any atom is 0.523 e. The molecular weight excluding hydrogens is 539 g/mol. The Balaban J connectivity index is 1.63. The van der Waals surface area contributed by atoms with Crippen molar-refractivity contribution in [1.29, 1.82) is 0 Å². The van der Waals surface area contributed by atoms with Crippen molar-refractivity contribution in [1.82, 2.24) is 5.32 Å². The smallest absolute Gasteiger partial charge is 0.440 e. The molecule has 0 saturated carbocycles. The predicted molar refractivity (Wildman–Crippen MR) is 120 cm³/mol. The van der Waals surface area contributed by atoms with E-state index in [1.807, 2.05) is 5.32 Å². The second-order valence-electron chi connectivity index (χ2n) is 8.11. The molecule has 1 N–H and O–H groups in total. The predicted octanol–water partition coefficient (Wildman–Crippen LogP) is 2.64.